The summed E-state index contributed by atoms with van der Waals surface area (Å²) in [4.78, 5) is 2.35. The number of thiol groups is 1. The summed E-state index contributed by atoms with van der Waals surface area (Å²) in [6.45, 7) is 11.7. The highest BCUT2D eigenvalue weighted by molar-refractivity contribution is 7.80. The van der Waals surface area contributed by atoms with Crippen LogP contribution in [0.2, 0.25) is 0 Å². The van der Waals surface area contributed by atoms with Crippen LogP contribution in [0, 0.1) is 5.92 Å². The molecule has 78 valence electrons. The van der Waals surface area contributed by atoms with Gasteiger partial charge in [-0.25, -0.2) is 0 Å². The summed E-state index contributed by atoms with van der Waals surface area (Å²) in [5.41, 5.74) is 1.20. The molecule has 1 nitrogen and oxygen atoms in total. The van der Waals surface area contributed by atoms with Crippen LogP contribution in [0.3, 0.4) is 0 Å². The predicted octanol–water partition coefficient (Wildman–Crippen LogP) is 2.84. The van der Waals surface area contributed by atoms with E-state index >= 15 is 0 Å². The van der Waals surface area contributed by atoms with Gasteiger partial charge in [0.2, 0.25) is 0 Å². The van der Waals surface area contributed by atoms with Crippen LogP contribution in [0.1, 0.15) is 27.2 Å². The largest absolute Gasteiger partial charge is 0.300 e. The molecule has 0 radical (unpaired) electrons. The van der Waals surface area contributed by atoms with Gasteiger partial charge in [0.05, 0.1) is 0 Å². The highest BCUT2D eigenvalue weighted by atomic mass is 32.1. The van der Waals surface area contributed by atoms with Crippen molar-refractivity contribution >= 4 is 12.6 Å². The summed E-state index contributed by atoms with van der Waals surface area (Å²) in [6.07, 6.45) is 1.25. The second-order valence-electron chi connectivity index (χ2n) is 4.30. The van der Waals surface area contributed by atoms with Gasteiger partial charge in [0.1, 0.15) is 0 Å². The fraction of sp³-hybridized carbons (Fsp3) is 0.818. The Morgan fingerprint density at radius 3 is 2.31 bits per heavy atom. The van der Waals surface area contributed by atoms with Gasteiger partial charge in [-0.1, -0.05) is 26.0 Å². The number of rotatable bonds is 6. The van der Waals surface area contributed by atoms with Gasteiger partial charge in [0, 0.05) is 18.3 Å². The molecule has 2 heteroatoms. The third-order valence-corrected chi connectivity index (χ3v) is 2.71. The van der Waals surface area contributed by atoms with E-state index in [2.05, 4.69) is 51.9 Å². The van der Waals surface area contributed by atoms with Gasteiger partial charge >= 0.3 is 0 Å². The lowest BCUT2D eigenvalue weighted by atomic mass is 10.0. The van der Waals surface area contributed by atoms with Crippen LogP contribution in [0.5, 0.6) is 0 Å². The van der Waals surface area contributed by atoms with E-state index in [1.807, 2.05) is 0 Å². The molecule has 0 fully saturated rings. The molecule has 0 aromatic carbocycles. The van der Waals surface area contributed by atoms with E-state index in [9.17, 15) is 0 Å². The van der Waals surface area contributed by atoms with Crippen molar-refractivity contribution in [2.75, 3.05) is 19.3 Å². The SMILES string of the molecule is C=C(CS)CN(C)C(C)CC(C)C. The standard InChI is InChI=1S/C11H23NS/c1-9(2)6-11(4)12(5)7-10(3)8-13/h9,11,13H,3,6-8H2,1-2,4-5H3. The Bertz CT molecular complexity index is 154. The van der Waals surface area contributed by atoms with Crippen LogP contribution in [0.15, 0.2) is 12.2 Å². The molecule has 0 bridgehead atoms. The summed E-state index contributed by atoms with van der Waals surface area (Å²) < 4.78 is 0. The van der Waals surface area contributed by atoms with Crippen molar-refractivity contribution in [3.63, 3.8) is 0 Å². The molecule has 0 amide bonds. The molecular formula is C11H23NS. The molecule has 1 unspecified atom stereocenters. The molecule has 0 N–H and O–H groups in total. The van der Waals surface area contributed by atoms with Gasteiger partial charge in [-0.15, -0.1) is 0 Å². The van der Waals surface area contributed by atoms with Crippen molar-refractivity contribution in [3.8, 4) is 0 Å². The average Bonchev–Trinajstić information content (AvgIpc) is 2.02. The molecule has 1 atom stereocenters. The molecular weight excluding hydrogens is 178 g/mol. The minimum absolute atomic E-state index is 0.636. The third kappa shape index (κ3) is 6.17. The smallest absolute Gasteiger partial charge is 0.0198 e. The number of hydrogen-bond donors (Lipinski definition) is 1. The van der Waals surface area contributed by atoms with E-state index < -0.39 is 0 Å². The number of hydrogen-bond acceptors (Lipinski definition) is 2. The van der Waals surface area contributed by atoms with Crippen LogP contribution in [0.4, 0.5) is 0 Å². The quantitative estimate of drug-likeness (QED) is 0.511. The van der Waals surface area contributed by atoms with Gasteiger partial charge in [0.25, 0.3) is 0 Å². The normalized spacial score (nSPS) is 13.8. The number of nitrogens with zero attached hydrogens (tertiary/aromatic N) is 1. The molecule has 0 aliphatic carbocycles. The molecule has 0 saturated carbocycles. The van der Waals surface area contributed by atoms with E-state index in [4.69, 9.17) is 0 Å². The van der Waals surface area contributed by atoms with Crippen LogP contribution in [0.25, 0.3) is 0 Å². The summed E-state index contributed by atoms with van der Waals surface area (Å²) in [5.74, 6) is 1.56. The molecule has 0 aromatic rings. The average molecular weight is 201 g/mol. The first kappa shape index (κ1) is 13.1. The van der Waals surface area contributed by atoms with Crippen molar-refractivity contribution < 1.29 is 0 Å². The molecule has 0 aromatic heterocycles. The molecule has 0 spiro atoms. The third-order valence-electron chi connectivity index (χ3n) is 2.26. The Balaban J connectivity index is 3.81. The minimum atomic E-state index is 0.636. The van der Waals surface area contributed by atoms with Gasteiger partial charge in [-0.2, -0.15) is 12.6 Å². The summed E-state index contributed by atoms with van der Waals surface area (Å²) in [5, 5.41) is 0. The fourth-order valence-corrected chi connectivity index (χ4v) is 1.52. The molecule has 0 heterocycles. The van der Waals surface area contributed by atoms with Gasteiger partial charge in [-0.3, -0.25) is 4.90 Å². The van der Waals surface area contributed by atoms with Crippen LogP contribution < -0.4 is 0 Å². The predicted molar refractivity (Wildman–Crippen MR) is 64.5 cm³/mol. The summed E-state index contributed by atoms with van der Waals surface area (Å²) in [7, 11) is 2.15. The lowest BCUT2D eigenvalue weighted by molar-refractivity contribution is 0.245. The molecule has 0 aliphatic rings. The first-order valence-corrected chi connectivity index (χ1v) is 5.58. The van der Waals surface area contributed by atoms with Crippen LogP contribution >= 0.6 is 12.6 Å². The van der Waals surface area contributed by atoms with Crippen molar-refractivity contribution in [1.29, 1.82) is 0 Å². The monoisotopic (exact) mass is 201 g/mol. The molecule has 0 aliphatic heterocycles. The molecule has 0 rings (SSSR count). The minimum Gasteiger partial charge on any atom is -0.300 e. The van der Waals surface area contributed by atoms with Crippen molar-refractivity contribution in [3.05, 3.63) is 12.2 Å². The summed E-state index contributed by atoms with van der Waals surface area (Å²) >= 11 is 4.20. The highest BCUT2D eigenvalue weighted by Crippen LogP contribution is 2.10. The summed E-state index contributed by atoms with van der Waals surface area (Å²) in [6, 6.07) is 0.636. The maximum Gasteiger partial charge on any atom is 0.0198 e. The lowest BCUT2D eigenvalue weighted by Gasteiger charge is -2.26. The Morgan fingerprint density at radius 2 is 1.92 bits per heavy atom. The Morgan fingerprint density at radius 1 is 1.38 bits per heavy atom. The van der Waals surface area contributed by atoms with Gasteiger partial charge in [0.15, 0.2) is 0 Å². The Labute approximate surface area is 88.6 Å². The zero-order valence-corrected chi connectivity index (χ0v) is 10.3. The van der Waals surface area contributed by atoms with Crippen molar-refractivity contribution in [1.82, 2.24) is 4.90 Å². The van der Waals surface area contributed by atoms with Gasteiger partial charge in [-0.05, 0) is 26.3 Å². The van der Waals surface area contributed by atoms with E-state index in [0.29, 0.717) is 6.04 Å². The van der Waals surface area contributed by atoms with Crippen molar-refractivity contribution in [2.24, 2.45) is 5.92 Å². The van der Waals surface area contributed by atoms with Crippen LogP contribution in [-0.2, 0) is 0 Å². The fourth-order valence-electron chi connectivity index (χ4n) is 1.42. The lowest BCUT2D eigenvalue weighted by Crippen LogP contribution is -2.32. The van der Waals surface area contributed by atoms with E-state index in [1.165, 1.54) is 12.0 Å². The second kappa shape index (κ2) is 6.50. The second-order valence-corrected chi connectivity index (χ2v) is 4.62. The topological polar surface area (TPSA) is 3.24 Å². The van der Waals surface area contributed by atoms with Crippen molar-refractivity contribution in [2.45, 2.75) is 33.2 Å². The first-order valence-electron chi connectivity index (χ1n) is 4.95. The van der Waals surface area contributed by atoms with E-state index in [1.54, 1.807) is 0 Å². The zero-order valence-electron chi connectivity index (χ0n) is 9.38. The zero-order chi connectivity index (χ0) is 10.4. The molecule has 0 saturated heterocycles. The molecule has 13 heavy (non-hydrogen) atoms. The Hall–Kier alpha value is 0.0500. The maximum absolute atomic E-state index is 4.20. The van der Waals surface area contributed by atoms with E-state index in [0.717, 1.165) is 18.2 Å². The number of likely N-dealkylation sites (N-methyl/N-ethyl adjacent to an activating group) is 1. The Kier molecular flexibility index (Phi) is 6.52. The highest BCUT2D eigenvalue weighted by Gasteiger charge is 2.10. The van der Waals surface area contributed by atoms with E-state index in [-0.39, 0.29) is 0 Å². The van der Waals surface area contributed by atoms with Crippen LogP contribution in [-0.4, -0.2) is 30.3 Å². The van der Waals surface area contributed by atoms with Gasteiger partial charge < -0.3 is 0 Å². The first-order chi connectivity index (χ1) is 5.97. The maximum atomic E-state index is 4.20.